The maximum absolute atomic E-state index is 10.6. The third kappa shape index (κ3) is 2.67. The van der Waals surface area contributed by atoms with E-state index in [2.05, 4.69) is 31.4 Å². The molecule has 0 aliphatic carbocycles. The van der Waals surface area contributed by atoms with Gasteiger partial charge in [-0.1, -0.05) is 0 Å². The number of H-pyrrole nitrogens is 1. The molecule has 0 amide bonds. The summed E-state index contributed by atoms with van der Waals surface area (Å²) in [5.74, 6) is 0. The van der Waals surface area contributed by atoms with Gasteiger partial charge in [-0.15, -0.1) is 0 Å². The van der Waals surface area contributed by atoms with Crippen molar-refractivity contribution in [2.24, 2.45) is 0 Å². The number of halogens is 1. The second kappa shape index (κ2) is 5.18. The van der Waals surface area contributed by atoms with Crippen molar-refractivity contribution < 1.29 is 4.92 Å². The molecule has 0 spiro atoms. The number of benzene rings is 1. The van der Waals surface area contributed by atoms with Crippen LogP contribution in [0.2, 0.25) is 0 Å². The fraction of sp³-hybridized carbons (Fsp3) is 0.182. The van der Waals surface area contributed by atoms with E-state index in [0.29, 0.717) is 11.0 Å². The van der Waals surface area contributed by atoms with Gasteiger partial charge >= 0.3 is 0 Å². The molecule has 1 aromatic heterocycles. The molecule has 2 rings (SSSR count). The van der Waals surface area contributed by atoms with Crippen LogP contribution in [0.4, 0.5) is 11.4 Å². The monoisotopic (exact) mass is 310 g/mol. The van der Waals surface area contributed by atoms with Crippen LogP contribution in [0, 0.1) is 17.0 Å². The highest BCUT2D eigenvalue weighted by Gasteiger charge is 2.09. The van der Waals surface area contributed by atoms with Gasteiger partial charge in [-0.2, -0.15) is 5.10 Å². The van der Waals surface area contributed by atoms with Gasteiger partial charge in [0, 0.05) is 40.1 Å². The van der Waals surface area contributed by atoms with Gasteiger partial charge in [0.15, 0.2) is 0 Å². The first-order valence-electron chi connectivity index (χ1n) is 5.24. The minimum absolute atomic E-state index is 0.0620. The molecule has 2 N–H and O–H groups in total. The number of aromatic amines is 1. The van der Waals surface area contributed by atoms with Gasteiger partial charge in [0.2, 0.25) is 0 Å². The van der Waals surface area contributed by atoms with Gasteiger partial charge in [0.05, 0.1) is 11.1 Å². The van der Waals surface area contributed by atoms with Crippen molar-refractivity contribution >= 4 is 27.3 Å². The number of anilines is 1. The largest absolute Gasteiger partial charge is 0.380 e. The Morgan fingerprint density at radius 3 is 2.89 bits per heavy atom. The fourth-order valence-corrected chi connectivity index (χ4v) is 2.01. The highest BCUT2D eigenvalue weighted by atomic mass is 79.9. The summed E-state index contributed by atoms with van der Waals surface area (Å²) in [5, 5.41) is 20.6. The summed E-state index contributed by atoms with van der Waals surface area (Å²) in [4.78, 5) is 10.2. The van der Waals surface area contributed by atoms with E-state index in [9.17, 15) is 10.1 Å². The van der Waals surface area contributed by atoms with E-state index in [0.717, 1.165) is 16.9 Å². The predicted octanol–water partition coefficient (Wildman–Crippen LogP) is 3.00. The number of nitro benzene ring substituents is 1. The number of non-ortho nitro benzene ring substituents is 1. The van der Waals surface area contributed by atoms with Crippen molar-refractivity contribution in [3.63, 3.8) is 0 Å². The molecular formula is C11H11BrN4O2. The van der Waals surface area contributed by atoms with Gasteiger partial charge in [-0.3, -0.25) is 15.2 Å². The molecule has 0 radical (unpaired) electrons. The molecule has 1 aromatic carbocycles. The Labute approximate surface area is 112 Å². The zero-order valence-corrected chi connectivity index (χ0v) is 11.2. The van der Waals surface area contributed by atoms with Gasteiger partial charge in [-0.05, 0) is 28.9 Å². The Kier molecular flexibility index (Phi) is 3.61. The van der Waals surface area contributed by atoms with Gasteiger partial charge in [0.1, 0.15) is 0 Å². The number of nitrogens with zero attached hydrogens (tertiary/aromatic N) is 2. The average Bonchev–Trinajstić information content (AvgIpc) is 2.73. The first-order chi connectivity index (χ1) is 8.58. The molecule has 0 saturated heterocycles. The summed E-state index contributed by atoms with van der Waals surface area (Å²) in [6, 6.07) is 4.62. The highest BCUT2D eigenvalue weighted by molar-refractivity contribution is 9.10. The molecule has 0 fully saturated rings. The van der Waals surface area contributed by atoms with Crippen LogP contribution in [-0.4, -0.2) is 15.1 Å². The second-order valence-electron chi connectivity index (χ2n) is 3.80. The number of nitro groups is 1. The third-order valence-electron chi connectivity index (χ3n) is 2.57. The van der Waals surface area contributed by atoms with Gasteiger partial charge in [0.25, 0.3) is 5.69 Å². The van der Waals surface area contributed by atoms with Crippen LogP contribution in [0.25, 0.3) is 0 Å². The van der Waals surface area contributed by atoms with Crippen LogP contribution in [0.5, 0.6) is 0 Å². The molecular weight excluding hydrogens is 300 g/mol. The number of aryl methyl sites for hydroxylation is 1. The van der Waals surface area contributed by atoms with Crippen LogP contribution < -0.4 is 5.32 Å². The molecule has 1 heterocycles. The van der Waals surface area contributed by atoms with Gasteiger partial charge in [-0.25, -0.2) is 0 Å². The van der Waals surface area contributed by atoms with E-state index >= 15 is 0 Å². The standard InChI is InChI=1S/C11H11BrN4O2/c1-7-8(6-14-15-7)5-13-11-3-2-9(16(17)18)4-10(11)12/h2-4,6,13H,5H2,1H3,(H,14,15). The van der Waals surface area contributed by atoms with Crippen molar-refractivity contribution in [2.75, 3.05) is 5.32 Å². The molecule has 0 aliphatic heterocycles. The normalized spacial score (nSPS) is 10.3. The van der Waals surface area contributed by atoms with Crippen molar-refractivity contribution in [2.45, 2.75) is 13.5 Å². The lowest BCUT2D eigenvalue weighted by molar-refractivity contribution is -0.384. The zero-order chi connectivity index (χ0) is 13.1. The van der Waals surface area contributed by atoms with Crippen LogP contribution in [-0.2, 0) is 6.54 Å². The Balaban J connectivity index is 2.11. The summed E-state index contributed by atoms with van der Waals surface area (Å²) >= 11 is 3.31. The number of aromatic nitrogens is 2. The van der Waals surface area contributed by atoms with Crippen LogP contribution in [0.3, 0.4) is 0 Å². The van der Waals surface area contributed by atoms with E-state index < -0.39 is 4.92 Å². The number of hydrogen-bond donors (Lipinski definition) is 2. The molecule has 0 aliphatic rings. The zero-order valence-electron chi connectivity index (χ0n) is 9.61. The summed E-state index contributed by atoms with van der Waals surface area (Å²) in [7, 11) is 0. The summed E-state index contributed by atoms with van der Waals surface area (Å²) < 4.78 is 0.665. The Hall–Kier alpha value is -1.89. The summed E-state index contributed by atoms with van der Waals surface area (Å²) in [6.45, 7) is 2.55. The first kappa shape index (κ1) is 12.6. The van der Waals surface area contributed by atoms with E-state index in [4.69, 9.17) is 0 Å². The second-order valence-corrected chi connectivity index (χ2v) is 4.65. The molecule has 18 heavy (non-hydrogen) atoms. The van der Waals surface area contributed by atoms with E-state index in [-0.39, 0.29) is 5.69 Å². The lowest BCUT2D eigenvalue weighted by Gasteiger charge is -2.07. The Morgan fingerprint density at radius 1 is 1.56 bits per heavy atom. The molecule has 94 valence electrons. The summed E-state index contributed by atoms with van der Waals surface area (Å²) in [5.41, 5.74) is 2.92. The molecule has 2 aromatic rings. The Bertz CT molecular complexity index is 582. The molecule has 7 heteroatoms. The van der Waals surface area contributed by atoms with E-state index in [1.54, 1.807) is 12.3 Å². The lowest BCUT2D eigenvalue weighted by Crippen LogP contribution is -2.01. The topological polar surface area (TPSA) is 83.8 Å². The first-order valence-corrected chi connectivity index (χ1v) is 6.04. The van der Waals surface area contributed by atoms with Crippen molar-refractivity contribution in [1.82, 2.24) is 10.2 Å². The fourth-order valence-electron chi connectivity index (χ4n) is 1.51. The minimum atomic E-state index is -0.422. The number of rotatable bonds is 4. The quantitative estimate of drug-likeness (QED) is 0.671. The van der Waals surface area contributed by atoms with E-state index in [1.165, 1.54) is 12.1 Å². The lowest BCUT2D eigenvalue weighted by atomic mass is 10.2. The molecule has 0 bridgehead atoms. The number of hydrogen-bond acceptors (Lipinski definition) is 4. The van der Waals surface area contributed by atoms with Crippen molar-refractivity contribution in [3.05, 3.63) is 50.2 Å². The average molecular weight is 311 g/mol. The third-order valence-corrected chi connectivity index (χ3v) is 3.22. The molecule has 0 unspecified atom stereocenters. The van der Waals surface area contributed by atoms with E-state index in [1.807, 2.05) is 6.92 Å². The molecule has 6 nitrogen and oxygen atoms in total. The highest BCUT2D eigenvalue weighted by Crippen LogP contribution is 2.27. The minimum Gasteiger partial charge on any atom is -0.380 e. The van der Waals surface area contributed by atoms with Crippen molar-refractivity contribution in [1.29, 1.82) is 0 Å². The van der Waals surface area contributed by atoms with Crippen LogP contribution >= 0.6 is 15.9 Å². The smallest absolute Gasteiger partial charge is 0.270 e. The Morgan fingerprint density at radius 2 is 2.33 bits per heavy atom. The SMILES string of the molecule is Cc1[nH]ncc1CNc1ccc([N+](=O)[O-])cc1Br. The molecule has 0 saturated carbocycles. The molecule has 0 atom stereocenters. The van der Waals surface area contributed by atoms with Gasteiger partial charge < -0.3 is 5.32 Å². The number of nitrogens with one attached hydrogen (secondary N) is 2. The summed E-state index contributed by atoms with van der Waals surface area (Å²) in [6.07, 6.45) is 1.75. The maximum Gasteiger partial charge on any atom is 0.270 e. The van der Waals surface area contributed by atoms with Crippen molar-refractivity contribution in [3.8, 4) is 0 Å². The van der Waals surface area contributed by atoms with Crippen LogP contribution in [0.15, 0.2) is 28.9 Å². The maximum atomic E-state index is 10.6. The predicted molar refractivity (Wildman–Crippen MR) is 71.4 cm³/mol. The van der Waals surface area contributed by atoms with Crippen LogP contribution in [0.1, 0.15) is 11.3 Å².